The molecule has 0 fully saturated rings. The number of amides is 3. The third kappa shape index (κ3) is 6.84. The Morgan fingerprint density at radius 2 is 1.68 bits per heavy atom. The lowest BCUT2D eigenvalue weighted by Crippen LogP contribution is -2.36. The van der Waals surface area contributed by atoms with Gasteiger partial charge in [-0.3, -0.25) is 19.4 Å². The van der Waals surface area contributed by atoms with E-state index in [0.717, 1.165) is 30.0 Å². The van der Waals surface area contributed by atoms with Gasteiger partial charge in [0.15, 0.2) is 0 Å². The number of anilines is 2. The predicted octanol–water partition coefficient (Wildman–Crippen LogP) is 5.56. The zero-order chi connectivity index (χ0) is 27.7. The minimum absolute atomic E-state index is 0.0777. The Bertz CT molecular complexity index is 1520. The first-order valence-electron chi connectivity index (χ1n) is 13.0. The van der Waals surface area contributed by atoms with Crippen molar-refractivity contribution in [3.8, 4) is 0 Å². The third-order valence-corrected chi connectivity index (χ3v) is 7.41. The van der Waals surface area contributed by atoms with Gasteiger partial charge in [0, 0.05) is 40.8 Å². The quantitative estimate of drug-likeness (QED) is 0.222. The SMILES string of the molecule is O=C(Nc1ccc(SCC(=O)N2CCCc3ccccc32)cc1)/C(=C/c1cccnc1)NC(=O)c1ccccc1. The number of aromatic nitrogens is 1. The number of carbonyl (C=O) groups excluding carboxylic acids is 3. The number of rotatable bonds is 8. The van der Waals surface area contributed by atoms with Crippen LogP contribution < -0.4 is 15.5 Å². The molecule has 5 rings (SSSR count). The van der Waals surface area contributed by atoms with E-state index in [1.54, 1.807) is 67.0 Å². The van der Waals surface area contributed by atoms with Gasteiger partial charge in [0.25, 0.3) is 11.8 Å². The molecule has 2 heterocycles. The topological polar surface area (TPSA) is 91.4 Å². The molecule has 200 valence electrons. The summed E-state index contributed by atoms with van der Waals surface area (Å²) in [5, 5.41) is 5.57. The number of hydrogen-bond donors (Lipinski definition) is 2. The Balaban J connectivity index is 1.23. The Morgan fingerprint density at radius 1 is 0.900 bits per heavy atom. The summed E-state index contributed by atoms with van der Waals surface area (Å²) in [5.74, 6) is -0.455. The van der Waals surface area contributed by atoms with Crippen LogP contribution in [-0.2, 0) is 16.0 Å². The number of aryl methyl sites for hydroxylation is 1. The summed E-state index contributed by atoms with van der Waals surface area (Å²) in [6.07, 6.45) is 6.79. The first kappa shape index (κ1) is 26.9. The number of nitrogens with zero attached hydrogens (tertiary/aromatic N) is 2. The lowest BCUT2D eigenvalue weighted by atomic mass is 10.0. The average Bonchev–Trinajstić information content (AvgIpc) is 3.01. The first-order valence-corrected chi connectivity index (χ1v) is 14.0. The number of thioether (sulfide) groups is 1. The largest absolute Gasteiger partial charge is 0.321 e. The van der Waals surface area contributed by atoms with Crippen molar-refractivity contribution in [3.05, 3.63) is 126 Å². The van der Waals surface area contributed by atoms with Crippen molar-refractivity contribution in [3.63, 3.8) is 0 Å². The van der Waals surface area contributed by atoms with Crippen LogP contribution >= 0.6 is 11.8 Å². The Morgan fingerprint density at radius 3 is 2.45 bits per heavy atom. The van der Waals surface area contributed by atoms with Crippen molar-refractivity contribution in [2.24, 2.45) is 0 Å². The molecule has 0 aliphatic carbocycles. The van der Waals surface area contributed by atoms with Crippen molar-refractivity contribution >= 4 is 46.9 Å². The maximum absolute atomic E-state index is 13.2. The van der Waals surface area contributed by atoms with Gasteiger partial charge in [0.2, 0.25) is 5.91 Å². The molecular weight excluding hydrogens is 520 g/mol. The molecule has 0 spiro atoms. The molecule has 3 amide bonds. The summed E-state index contributed by atoms with van der Waals surface area (Å²) in [4.78, 5) is 45.8. The van der Waals surface area contributed by atoms with Crippen LogP contribution in [0, 0.1) is 0 Å². The molecule has 40 heavy (non-hydrogen) atoms. The summed E-state index contributed by atoms with van der Waals surface area (Å²) < 4.78 is 0. The predicted molar refractivity (Wildman–Crippen MR) is 159 cm³/mol. The number of carbonyl (C=O) groups is 3. The Hall–Kier alpha value is -4.69. The fourth-order valence-corrected chi connectivity index (χ4v) is 5.19. The fourth-order valence-electron chi connectivity index (χ4n) is 4.42. The van der Waals surface area contributed by atoms with Crippen LogP contribution in [0.15, 0.2) is 114 Å². The van der Waals surface area contributed by atoms with E-state index >= 15 is 0 Å². The maximum atomic E-state index is 13.2. The second-order valence-electron chi connectivity index (χ2n) is 9.21. The van der Waals surface area contributed by atoms with Crippen molar-refractivity contribution in [2.45, 2.75) is 17.7 Å². The molecule has 1 aliphatic heterocycles. The van der Waals surface area contributed by atoms with E-state index in [1.807, 2.05) is 41.3 Å². The zero-order valence-electron chi connectivity index (χ0n) is 21.7. The van der Waals surface area contributed by atoms with Crippen molar-refractivity contribution in [2.75, 3.05) is 22.5 Å². The molecule has 0 radical (unpaired) electrons. The average molecular weight is 549 g/mol. The highest BCUT2D eigenvalue weighted by atomic mass is 32.2. The molecular formula is C32H28N4O3S. The van der Waals surface area contributed by atoms with Crippen LogP contribution in [0.2, 0.25) is 0 Å². The molecule has 1 aromatic heterocycles. The van der Waals surface area contributed by atoms with Crippen LogP contribution in [0.4, 0.5) is 11.4 Å². The van der Waals surface area contributed by atoms with Crippen LogP contribution in [0.1, 0.15) is 27.9 Å². The lowest BCUT2D eigenvalue weighted by Gasteiger charge is -2.29. The highest BCUT2D eigenvalue weighted by molar-refractivity contribution is 8.00. The molecule has 7 nitrogen and oxygen atoms in total. The van der Waals surface area contributed by atoms with Gasteiger partial charge in [0.1, 0.15) is 5.70 Å². The summed E-state index contributed by atoms with van der Waals surface area (Å²) in [7, 11) is 0. The number of fused-ring (bicyclic) bond motifs is 1. The van der Waals surface area contributed by atoms with E-state index in [-0.39, 0.29) is 11.6 Å². The molecule has 0 saturated heterocycles. The highest BCUT2D eigenvalue weighted by Crippen LogP contribution is 2.28. The van der Waals surface area contributed by atoms with Gasteiger partial charge in [-0.15, -0.1) is 11.8 Å². The van der Waals surface area contributed by atoms with Gasteiger partial charge in [0.05, 0.1) is 5.75 Å². The number of pyridine rings is 1. The van der Waals surface area contributed by atoms with Crippen LogP contribution in [0.3, 0.4) is 0 Å². The molecule has 3 aromatic carbocycles. The van der Waals surface area contributed by atoms with Gasteiger partial charge < -0.3 is 15.5 Å². The number of nitrogens with one attached hydrogen (secondary N) is 2. The number of para-hydroxylation sites is 1. The van der Waals surface area contributed by atoms with Crippen LogP contribution in [0.5, 0.6) is 0 Å². The molecule has 0 atom stereocenters. The summed E-state index contributed by atoms with van der Waals surface area (Å²) >= 11 is 1.46. The maximum Gasteiger partial charge on any atom is 0.272 e. The monoisotopic (exact) mass is 548 g/mol. The Labute approximate surface area is 237 Å². The molecule has 0 unspecified atom stereocenters. The molecule has 0 bridgehead atoms. The van der Waals surface area contributed by atoms with E-state index in [9.17, 15) is 14.4 Å². The summed E-state index contributed by atoms with van der Waals surface area (Å²) in [6.45, 7) is 0.733. The number of benzene rings is 3. The Kier molecular flexibility index (Phi) is 8.68. The van der Waals surface area contributed by atoms with E-state index in [1.165, 1.54) is 17.3 Å². The van der Waals surface area contributed by atoms with Gasteiger partial charge >= 0.3 is 0 Å². The van der Waals surface area contributed by atoms with Crippen molar-refractivity contribution in [1.29, 1.82) is 0 Å². The van der Waals surface area contributed by atoms with Crippen LogP contribution in [-0.4, -0.2) is 35.0 Å². The standard InChI is InChI=1S/C32H28N4O3S/c37-30(36-19-7-12-24-9-4-5-13-29(24)36)22-40-27-16-14-26(15-17-27)34-32(39)28(20-23-8-6-18-33-21-23)35-31(38)25-10-2-1-3-11-25/h1-6,8-11,13-18,20-21H,7,12,19,22H2,(H,34,39)(H,35,38)/b28-20-. The first-order chi connectivity index (χ1) is 19.6. The minimum Gasteiger partial charge on any atom is -0.321 e. The second kappa shape index (κ2) is 12.9. The minimum atomic E-state index is -0.465. The second-order valence-corrected chi connectivity index (χ2v) is 10.3. The van der Waals surface area contributed by atoms with E-state index in [0.29, 0.717) is 22.6 Å². The smallest absolute Gasteiger partial charge is 0.272 e. The van der Waals surface area contributed by atoms with E-state index in [2.05, 4.69) is 21.7 Å². The van der Waals surface area contributed by atoms with Gasteiger partial charge in [-0.2, -0.15) is 0 Å². The summed E-state index contributed by atoms with van der Waals surface area (Å²) in [5.41, 5.74) is 3.99. The van der Waals surface area contributed by atoms with E-state index in [4.69, 9.17) is 0 Å². The third-order valence-electron chi connectivity index (χ3n) is 6.41. The summed E-state index contributed by atoms with van der Waals surface area (Å²) in [6, 6.07) is 27.6. The van der Waals surface area contributed by atoms with E-state index < -0.39 is 11.8 Å². The van der Waals surface area contributed by atoms with Gasteiger partial charge in [-0.25, -0.2) is 0 Å². The van der Waals surface area contributed by atoms with Crippen molar-refractivity contribution < 1.29 is 14.4 Å². The molecule has 4 aromatic rings. The highest BCUT2D eigenvalue weighted by Gasteiger charge is 2.22. The number of hydrogen-bond acceptors (Lipinski definition) is 5. The molecule has 0 saturated carbocycles. The van der Waals surface area contributed by atoms with Gasteiger partial charge in [-0.1, -0.05) is 42.5 Å². The molecule has 1 aliphatic rings. The lowest BCUT2D eigenvalue weighted by molar-refractivity contribution is -0.116. The fraction of sp³-hybridized carbons (Fsp3) is 0.125. The normalized spacial score (nSPS) is 12.8. The molecule has 8 heteroatoms. The van der Waals surface area contributed by atoms with Crippen LogP contribution in [0.25, 0.3) is 6.08 Å². The molecule has 2 N–H and O–H groups in total. The zero-order valence-corrected chi connectivity index (χ0v) is 22.6. The van der Waals surface area contributed by atoms with Gasteiger partial charge in [-0.05, 0) is 78.6 Å². The van der Waals surface area contributed by atoms with Crippen molar-refractivity contribution in [1.82, 2.24) is 10.3 Å².